The van der Waals surface area contributed by atoms with Gasteiger partial charge in [-0.25, -0.2) is 0 Å². The number of hydrogen-bond acceptors (Lipinski definition) is 3. The minimum absolute atomic E-state index is 0.405. The molecule has 5 heteroatoms. The zero-order chi connectivity index (χ0) is 13.7. The Bertz CT molecular complexity index is 586. The highest BCUT2D eigenvalue weighted by Crippen LogP contribution is 2.10. The van der Waals surface area contributed by atoms with Crippen LogP contribution in [0.4, 0.5) is 0 Å². The number of amides is 1. The van der Waals surface area contributed by atoms with E-state index in [0.717, 1.165) is 15.6 Å². The third-order valence-electron chi connectivity index (χ3n) is 2.63. The molecule has 3 N–H and O–H groups in total. The van der Waals surface area contributed by atoms with E-state index in [2.05, 4.69) is 26.2 Å². The molecule has 98 valence electrons. The number of halogens is 1. The van der Waals surface area contributed by atoms with Gasteiger partial charge in [0.1, 0.15) is 0 Å². The van der Waals surface area contributed by atoms with Crippen LogP contribution >= 0.6 is 15.9 Å². The number of pyridine rings is 1. The van der Waals surface area contributed by atoms with E-state index >= 15 is 0 Å². The molecule has 0 saturated carbocycles. The summed E-state index contributed by atoms with van der Waals surface area (Å²) in [5.41, 5.74) is 7.90. The molecule has 0 spiro atoms. The van der Waals surface area contributed by atoms with E-state index in [0.29, 0.717) is 18.7 Å². The molecule has 4 nitrogen and oxygen atoms in total. The molecule has 1 heterocycles. The van der Waals surface area contributed by atoms with E-state index in [1.807, 2.05) is 24.4 Å². The van der Waals surface area contributed by atoms with Crippen LogP contribution in [0.3, 0.4) is 0 Å². The number of hydrogen-bond donors (Lipinski definition) is 2. The van der Waals surface area contributed by atoms with Crippen molar-refractivity contribution in [2.75, 3.05) is 0 Å². The SMILES string of the molecule is NC(=O)c1cccc(CNCc2cncc(Br)c2)c1. The molecular weight excluding hydrogens is 306 g/mol. The van der Waals surface area contributed by atoms with Crippen molar-refractivity contribution >= 4 is 21.8 Å². The highest BCUT2D eigenvalue weighted by Gasteiger charge is 2.01. The molecule has 1 aromatic heterocycles. The van der Waals surface area contributed by atoms with Crippen LogP contribution in [0.5, 0.6) is 0 Å². The number of nitrogens with two attached hydrogens (primary N) is 1. The van der Waals surface area contributed by atoms with Crippen LogP contribution in [-0.4, -0.2) is 10.9 Å². The van der Waals surface area contributed by atoms with Gasteiger partial charge in [-0.2, -0.15) is 0 Å². The van der Waals surface area contributed by atoms with E-state index < -0.39 is 5.91 Å². The fourth-order valence-corrected chi connectivity index (χ4v) is 2.15. The molecule has 0 unspecified atom stereocenters. The van der Waals surface area contributed by atoms with Gasteiger partial charge in [-0.15, -0.1) is 0 Å². The van der Waals surface area contributed by atoms with Crippen molar-refractivity contribution in [2.24, 2.45) is 5.73 Å². The average molecular weight is 320 g/mol. The Labute approximate surface area is 120 Å². The molecule has 0 radical (unpaired) electrons. The maximum atomic E-state index is 11.1. The summed E-state index contributed by atoms with van der Waals surface area (Å²) >= 11 is 3.38. The third-order valence-corrected chi connectivity index (χ3v) is 3.06. The minimum Gasteiger partial charge on any atom is -0.366 e. The van der Waals surface area contributed by atoms with Gasteiger partial charge in [0, 0.05) is 35.5 Å². The fourth-order valence-electron chi connectivity index (χ4n) is 1.74. The molecule has 0 aliphatic heterocycles. The summed E-state index contributed by atoms with van der Waals surface area (Å²) in [6.45, 7) is 1.39. The molecule has 0 atom stereocenters. The highest BCUT2D eigenvalue weighted by atomic mass is 79.9. The average Bonchev–Trinajstić information content (AvgIpc) is 2.39. The quantitative estimate of drug-likeness (QED) is 0.888. The molecule has 1 amide bonds. The van der Waals surface area contributed by atoms with E-state index in [4.69, 9.17) is 5.73 Å². The van der Waals surface area contributed by atoms with Crippen molar-refractivity contribution < 1.29 is 4.79 Å². The van der Waals surface area contributed by atoms with Crippen LogP contribution in [-0.2, 0) is 13.1 Å². The van der Waals surface area contributed by atoms with Crippen LogP contribution < -0.4 is 11.1 Å². The first-order valence-corrected chi connectivity index (χ1v) is 6.63. The highest BCUT2D eigenvalue weighted by molar-refractivity contribution is 9.10. The molecule has 0 saturated heterocycles. The number of rotatable bonds is 5. The Morgan fingerprint density at radius 1 is 1.21 bits per heavy atom. The van der Waals surface area contributed by atoms with Crippen molar-refractivity contribution in [3.8, 4) is 0 Å². The van der Waals surface area contributed by atoms with Gasteiger partial charge in [0.25, 0.3) is 0 Å². The molecular formula is C14H14BrN3O. The Balaban J connectivity index is 1.92. The van der Waals surface area contributed by atoms with Gasteiger partial charge in [-0.05, 0) is 45.3 Å². The first kappa shape index (κ1) is 13.7. The minimum atomic E-state index is -0.405. The molecule has 0 aliphatic rings. The van der Waals surface area contributed by atoms with Crippen molar-refractivity contribution in [3.05, 3.63) is 63.9 Å². The van der Waals surface area contributed by atoms with Crippen LogP contribution in [0.25, 0.3) is 0 Å². The van der Waals surface area contributed by atoms with Crippen molar-refractivity contribution in [3.63, 3.8) is 0 Å². The summed E-state index contributed by atoms with van der Waals surface area (Å²) in [5, 5.41) is 3.30. The van der Waals surface area contributed by atoms with E-state index in [9.17, 15) is 4.79 Å². The Morgan fingerprint density at radius 3 is 2.74 bits per heavy atom. The zero-order valence-corrected chi connectivity index (χ0v) is 11.9. The molecule has 19 heavy (non-hydrogen) atoms. The largest absolute Gasteiger partial charge is 0.366 e. The predicted molar refractivity (Wildman–Crippen MR) is 77.4 cm³/mol. The zero-order valence-electron chi connectivity index (χ0n) is 10.3. The summed E-state index contributed by atoms with van der Waals surface area (Å²) in [4.78, 5) is 15.2. The summed E-state index contributed by atoms with van der Waals surface area (Å²) in [6.07, 6.45) is 3.57. The lowest BCUT2D eigenvalue weighted by molar-refractivity contribution is 0.1000. The van der Waals surface area contributed by atoms with E-state index in [1.165, 1.54) is 0 Å². The number of nitrogens with one attached hydrogen (secondary N) is 1. The van der Waals surface area contributed by atoms with Gasteiger partial charge in [-0.1, -0.05) is 12.1 Å². The second kappa shape index (κ2) is 6.45. The molecule has 0 bridgehead atoms. The number of nitrogens with zero attached hydrogens (tertiary/aromatic N) is 1. The monoisotopic (exact) mass is 319 g/mol. The summed E-state index contributed by atoms with van der Waals surface area (Å²) in [7, 11) is 0. The van der Waals surface area contributed by atoms with Crippen molar-refractivity contribution in [1.29, 1.82) is 0 Å². The van der Waals surface area contributed by atoms with Gasteiger partial charge in [0.2, 0.25) is 5.91 Å². The van der Waals surface area contributed by atoms with Crippen LogP contribution in [0.15, 0.2) is 47.2 Å². The summed E-state index contributed by atoms with van der Waals surface area (Å²) < 4.78 is 0.961. The predicted octanol–water partition coefficient (Wildman–Crippen LogP) is 2.23. The standard InChI is InChI=1S/C14H14BrN3O/c15-13-5-11(8-18-9-13)7-17-6-10-2-1-3-12(4-10)14(16)19/h1-5,8-9,17H,6-7H2,(H2,16,19). The Morgan fingerprint density at radius 2 is 2.00 bits per heavy atom. The number of carbonyl (C=O) groups is 1. The summed E-state index contributed by atoms with van der Waals surface area (Å²) in [6, 6.07) is 9.31. The second-order valence-corrected chi connectivity index (χ2v) is 5.10. The Hall–Kier alpha value is -1.72. The number of aromatic nitrogens is 1. The molecule has 0 aliphatic carbocycles. The maximum Gasteiger partial charge on any atom is 0.248 e. The first-order chi connectivity index (χ1) is 9.15. The topological polar surface area (TPSA) is 68.0 Å². The molecule has 2 aromatic rings. The van der Waals surface area contributed by atoms with Gasteiger partial charge in [0.15, 0.2) is 0 Å². The first-order valence-electron chi connectivity index (χ1n) is 5.84. The van der Waals surface area contributed by atoms with Gasteiger partial charge >= 0.3 is 0 Å². The van der Waals surface area contributed by atoms with Gasteiger partial charge in [-0.3, -0.25) is 9.78 Å². The van der Waals surface area contributed by atoms with Crippen molar-refractivity contribution in [1.82, 2.24) is 10.3 Å². The van der Waals surface area contributed by atoms with E-state index in [-0.39, 0.29) is 0 Å². The third kappa shape index (κ3) is 4.15. The number of carbonyl (C=O) groups excluding carboxylic acids is 1. The smallest absolute Gasteiger partial charge is 0.248 e. The lowest BCUT2D eigenvalue weighted by Gasteiger charge is -2.06. The van der Waals surface area contributed by atoms with Crippen LogP contribution in [0.1, 0.15) is 21.5 Å². The van der Waals surface area contributed by atoms with Gasteiger partial charge in [0.05, 0.1) is 0 Å². The normalized spacial score (nSPS) is 10.4. The Kier molecular flexibility index (Phi) is 4.65. The lowest BCUT2D eigenvalue weighted by Crippen LogP contribution is -2.15. The molecule has 1 aromatic carbocycles. The maximum absolute atomic E-state index is 11.1. The van der Waals surface area contributed by atoms with Crippen LogP contribution in [0, 0.1) is 0 Å². The molecule has 0 fully saturated rings. The van der Waals surface area contributed by atoms with E-state index in [1.54, 1.807) is 18.3 Å². The number of benzene rings is 1. The van der Waals surface area contributed by atoms with Gasteiger partial charge < -0.3 is 11.1 Å². The number of primary amides is 1. The summed E-state index contributed by atoms with van der Waals surface area (Å²) in [5.74, 6) is -0.405. The lowest BCUT2D eigenvalue weighted by atomic mass is 10.1. The second-order valence-electron chi connectivity index (χ2n) is 4.18. The van der Waals surface area contributed by atoms with Crippen LogP contribution in [0.2, 0.25) is 0 Å². The fraction of sp³-hybridized carbons (Fsp3) is 0.143. The van der Waals surface area contributed by atoms with Crippen molar-refractivity contribution in [2.45, 2.75) is 13.1 Å². The molecule has 2 rings (SSSR count).